The van der Waals surface area contributed by atoms with Gasteiger partial charge in [-0.05, 0) is 18.3 Å². The van der Waals surface area contributed by atoms with E-state index in [1.165, 1.54) is 0 Å². The van der Waals surface area contributed by atoms with Crippen molar-refractivity contribution < 1.29 is 9.90 Å². The van der Waals surface area contributed by atoms with E-state index in [1.807, 2.05) is 0 Å². The third kappa shape index (κ3) is 0.709. The van der Waals surface area contributed by atoms with E-state index in [-0.39, 0.29) is 5.69 Å². The van der Waals surface area contributed by atoms with E-state index in [0.29, 0.717) is 11.8 Å². The average molecular weight is 178 g/mol. The molecule has 4 nitrogen and oxygen atoms in total. The van der Waals surface area contributed by atoms with Crippen LogP contribution in [0.1, 0.15) is 34.6 Å². The molecule has 2 aliphatic rings. The summed E-state index contributed by atoms with van der Waals surface area (Å²) in [6.45, 7) is 2.21. The highest BCUT2D eigenvalue weighted by atomic mass is 16.4. The second-order valence-electron chi connectivity index (χ2n) is 4.02. The number of nitrogens with one attached hydrogen (secondary N) is 1. The maximum Gasteiger partial charge on any atom is 0.356 e. The zero-order valence-corrected chi connectivity index (χ0v) is 7.24. The lowest BCUT2D eigenvalue weighted by Gasteiger charge is -1.96. The van der Waals surface area contributed by atoms with Gasteiger partial charge in [0.05, 0.1) is 0 Å². The van der Waals surface area contributed by atoms with Crippen molar-refractivity contribution >= 4 is 5.97 Å². The molecule has 0 spiro atoms. The van der Waals surface area contributed by atoms with Gasteiger partial charge in [-0.3, -0.25) is 5.10 Å². The van der Waals surface area contributed by atoms with Crippen LogP contribution >= 0.6 is 0 Å². The number of H-pyrrole nitrogens is 1. The van der Waals surface area contributed by atoms with Gasteiger partial charge in [-0.25, -0.2) is 4.79 Å². The molecule has 0 aromatic carbocycles. The van der Waals surface area contributed by atoms with E-state index in [2.05, 4.69) is 17.1 Å². The molecule has 68 valence electrons. The molecule has 4 heteroatoms. The molecule has 3 rings (SSSR count). The van der Waals surface area contributed by atoms with Crippen LogP contribution in [0.5, 0.6) is 0 Å². The number of hydrogen-bond acceptors (Lipinski definition) is 2. The first kappa shape index (κ1) is 7.12. The van der Waals surface area contributed by atoms with Gasteiger partial charge < -0.3 is 5.11 Å². The van der Waals surface area contributed by atoms with Gasteiger partial charge in [0.1, 0.15) is 0 Å². The van der Waals surface area contributed by atoms with Crippen molar-refractivity contribution in [3.05, 3.63) is 17.0 Å². The topological polar surface area (TPSA) is 66.0 Å². The predicted molar refractivity (Wildman–Crippen MR) is 44.6 cm³/mol. The fourth-order valence-electron chi connectivity index (χ4n) is 2.61. The molecule has 0 bridgehead atoms. The third-order valence-corrected chi connectivity index (χ3v) is 3.44. The lowest BCUT2D eigenvalue weighted by atomic mass is 10.1. The fraction of sp³-hybridized carbons (Fsp3) is 0.556. The molecular formula is C9H10N2O2. The highest BCUT2D eigenvalue weighted by Crippen LogP contribution is 2.60. The summed E-state index contributed by atoms with van der Waals surface area (Å²) >= 11 is 0. The summed E-state index contributed by atoms with van der Waals surface area (Å²) in [6, 6.07) is 0. The van der Waals surface area contributed by atoms with Crippen LogP contribution in [-0.4, -0.2) is 21.3 Å². The monoisotopic (exact) mass is 178 g/mol. The Morgan fingerprint density at radius 3 is 3.15 bits per heavy atom. The largest absolute Gasteiger partial charge is 0.476 e. The first-order chi connectivity index (χ1) is 6.20. The lowest BCUT2D eigenvalue weighted by molar-refractivity contribution is 0.0689. The number of nitrogens with zero attached hydrogens (tertiary/aromatic N) is 1. The van der Waals surface area contributed by atoms with Gasteiger partial charge in [-0.15, -0.1) is 0 Å². The van der Waals surface area contributed by atoms with Gasteiger partial charge in [-0.2, -0.15) is 5.10 Å². The summed E-state index contributed by atoms with van der Waals surface area (Å²) in [7, 11) is 0. The molecule has 2 N–H and O–H groups in total. The van der Waals surface area contributed by atoms with Crippen molar-refractivity contribution in [3.63, 3.8) is 0 Å². The quantitative estimate of drug-likeness (QED) is 0.674. The van der Waals surface area contributed by atoms with Crippen LogP contribution in [0.3, 0.4) is 0 Å². The zero-order chi connectivity index (χ0) is 9.16. The highest BCUT2D eigenvalue weighted by molar-refractivity contribution is 5.87. The van der Waals surface area contributed by atoms with Crippen molar-refractivity contribution in [2.45, 2.75) is 19.3 Å². The Morgan fingerprint density at radius 2 is 2.46 bits per heavy atom. The van der Waals surface area contributed by atoms with E-state index in [0.717, 1.165) is 23.6 Å². The molecular weight excluding hydrogens is 168 g/mol. The van der Waals surface area contributed by atoms with E-state index in [4.69, 9.17) is 5.11 Å². The number of fused-ring (bicyclic) bond motifs is 3. The number of aromatic nitrogens is 2. The van der Waals surface area contributed by atoms with Crippen molar-refractivity contribution in [2.75, 3.05) is 0 Å². The van der Waals surface area contributed by atoms with E-state index < -0.39 is 5.97 Å². The number of carbonyl (C=O) groups is 1. The van der Waals surface area contributed by atoms with Crippen LogP contribution in [0.15, 0.2) is 0 Å². The Hall–Kier alpha value is -1.32. The smallest absolute Gasteiger partial charge is 0.356 e. The van der Waals surface area contributed by atoms with Gasteiger partial charge in [0.2, 0.25) is 0 Å². The number of carboxylic acids is 1. The van der Waals surface area contributed by atoms with Crippen LogP contribution in [0.2, 0.25) is 0 Å². The number of aromatic amines is 1. The average Bonchev–Trinajstić information content (AvgIpc) is 2.49. The Labute approximate surface area is 75.0 Å². The summed E-state index contributed by atoms with van der Waals surface area (Å²) in [5.41, 5.74) is 2.25. The molecule has 0 radical (unpaired) electrons. The van der Waals surface area contributed by atoms with Gasteiger partial charge in [0.25, 0.3) is 0 Å². The molecule has 1 fully saturated rings. The van der Waals surface area contributed by atoms with Gasteiger partial charge in [0, 0.05) is 17.2 Å². The molecule has 2 aliphatic carbocycles. The molecule has 0 aliphatic heterocycles. The molecule has 3 atom stereocenters. The maximum atomic E-state index is 10.7. The molecule has 13 heavy (non-hydrogen) atoms. The molecule has 1 heterocycles. The predicted octanol–water partition coefficient (Wildman–Crippen LogP) is 1.01. The van der Waals surface area contributed by atoms with Gasteiger partial charge in [-0.1, -0.05) is 6.92 Å². The van der Waals surface area contributed by atoms with Crippen LogP contribution in [0.4, 0.5) is 0 Å². The van der Waals surface area contributed by atoms with Crippen LogP contribution in [0.25, 0.3) is 0 Å². The molecule has 0 unspecified atom stereocenters. The minimum atomic E-state index is -0.911. The van der Waals surface area contributed by atoms with Crippen molar-refractivity contribution in [3.8, 4) is 0 Å². The summed E-state index contributed by atoms with van der Waals surface area (Å²) in [4.78, 5) is 10.7. The SMILES string of the molecule is C[C@H]1[C@H]2Cc3c(C(=O)O)n[nH]c3[C@@H]12. The van der Waals surface area contributed by atoms with E-state index in [1.54, 1.807) is 0 Å². The molecule has 1 aromatic heterocycles. The minimum Gasteiger partial charge on any atom is -0.476 e. The van der Waals surface area contributed by atoms with Crippen LogP contribution < -0.4 is 0 Å². The lowest BCUT2D eigenvalue weighted by Crippen LogP contribution is -2.02. The third-order valence-electron chi connectivity index (χ3n) is 3.44. The molecule has 0 amide bonds. The fourth-order valence-corrected chi connectivity index (χ4v) is 2.61. The van der Waals surface area contributed by atoms with Crippen molar-refractivity contribution in [1.29, 1.82) is 0 Å². The molecule has 1 aromatic rings. The van der Waals surface area contributed by atoms with Crippen molar-refractivity contribution in [2.24, 2.45) is 11.8 Å². The van der Waals surface area contributed by atoms with Crippen LogP contribution in [-0.2, 0) is 6.42 Å². The first-order valence-corrected chi connectivity index (χ1v) is 4.50. The normalized spacial score (nSPS) is 34.1. The van der Waals surface area contributed by atoms with E-state index in [9.17, 15) is 4.79 Å². The number of carboxylic acid groups (broad SMARTS) is 1. The Morgan fingerprint density at radius 1 is 1.69 bits per heavy atom. The molecule has 1 saturated carbocycles. The standard InChI is InChI=1S/C9H10N2O2/c1-3-4-2-5-7(6(3)4)10-11-8(5)9(12)13/h3-4,6H,2H2,1H3,(H,10,11)(H,12,13)/t3-,4+,6-/m0/s1. The van der Waals surface area contributed by atoms with Gasteiger partial charge >= 0.3 is 5.97 Å². The van der Waals surface area contributed by atoms with Gasteiger partial charge in [0.15, 0.2) is 5.69 Å². The Bertz CT molecular complexity index is 396. The number of rotatable bonds is 1. The summed E-state index contributed by atoms with van der Waals surface area (Å²) in [5.74, 6) is 1.05. The van der Waals surface area contributed by atoms with Crippen LogP contribution in [0, 0.1) is 11.8 Å². The van der Waals surface area contributed by atoms with Crippen molar-refractivity contribution in [1.82, 2.24) is 10.2 Å². The highest BCUT2D eigenvalue weighted by Gasteiger charge is 2.55. The summed E-state index contributed by atoms with van der Waals surface area (Å²) < 4.78 is 0. The Balaban J connectivity index is 2.08. The number of hydrogen-bond donors (Lipinski definition) is 2. The zero-order valence-electron chi connectivity index (χ0n) is 7.24. The summed E-state index contributed by atoms with van der Waals surface area (Å²) in [6.07, 6.45) is 0.902. The van der Waals surface area contributed by atoms with E-state index >= 15 is 0 Å². The first-order valence-electron chi connectivity index (χ1n) is 4.50. The maximum absolute atomic E-state index is 10.7. The minimum absolute atomic E-state index is 0.231. The molecule has 0 saturated heterocycles. The second kappa shape index (κ2) is 1.95. The number of aromatic carboxylic acids is 1. The second-order valence-corrected chi connectivity index (χ2v) is 4.02. The Kier molecular flexibility index (Phi) is 1.07. The summed E-state index contributed by atoms with van der Waals surface area (Å²) in [5, 5.41) is 15.5.